The first kappa shape index (κ1) is 15.5. The normalized spacial score (nSPS) is 21.6. The summed E-state index contributed by atoms with van der Waals surface area (Å²) >= 11 is 0. The van der Waals surface area contributed by atoms with E-state index >= 15 is 0 Å². The van der Waals surface area contributed by atoms with Crippen LogP contribution in [0.3, 0.4) is 0 Å². The van der Waals surface area contributed by atoms with E-state index in [-0.39, 0.29) is 29.6 Å². The van der Waals surface area contributed by atoms with Gasteiger partial charge in [-0.05, 0) is 30.4 Å². The monoisotopic (exact) mass is 311 g/mol. The van der Waals surface area contributed by atoms with Gasteiger partial charge >= 0.3 is 0 Å². The number of likely N-dealkylation sites (N-methyl/N-ethyl adjacent to an activating group) is 1. The second kappa shape index (κ2) is 6.04. The van der Waals surface area contributed by atoms with Crippen molar-refractivity contribution in [3.8, 4) is 6.07 Å². The van der Waals surface area contributed by atoms with E-state index in [0.717, 1.165) is 24.8 Å². The van der Waals surface area contributed by atoms with Gasteiger partial charge in [0.05, 0.1) is 12.0 Å². The molecule has 1 N–H and O–H groups in total. The van der Waals surface area contributed by atoms with E-state index in [1.54, 1.807) is 11.9 Å². The van der Waals surface area contributed by atoms with Crippen LogP contribution in [0.25, 0.3) is 0 Å². The third-order valence-corrected chi connectivity index (χ3v) is 5.37. The van der Waals surface area contributed by atoms with Gasteiger partial charge in [-0.3, -0.25) is 9.59 Å². The van der Waals surface area contributed by atoms with Gasteiger partial charge in [-0.1, -0.05) is 24.3 Å². The van der Waals surface area contributed by atoms with Crippen LogP contribution in [-0.2, 0) is 15.0 Å². The lowest BCUT2D eigenvalue weighted by Crippen LogP contribution is -2.44. The van der Waals surface area contributed by atoms with Crippen molar-refractivity contribution in [3.05, 3.63) is 35.4 Å². The molecule has 120 valence electrons. The van der Waals surface area contributed by atoms with E-state index in [1.807, 2.05) is 18.2 Å². The molecule has 1 aliphatic carbocycles. The number of nitriles is 1. The Morgan fingerprint density at radius 1 is 1.35 bits per heavy atom. The molecule has 1 fully saturated rings. The molecule has 1 unspecified atom stereocenters. The van der Waals surface area contributed by atoms with E-state index < -0.39 is 0 Å². The molecule has 0 saturated carbocycles. The summed E-state index contributed by atoms with van der Waals surface area (Å²) in [6.45, 7) is 1.32. The largest absolute Gasteiger partial charge is 0.359 e. The summed E-state index contributed by atoms with van der Waals surface area (Å²) in [5.74, 6) is -0.119. The zero-order valence-corrected chi connectivity index (χ0v) is 13.3. The fourth-order valence-electron chi connectivity index (χ4n) is 4.14. The fourth-order valence-corrected chi connectivity index (χ4v) is 4.14. The van der Waals surface area contributed by atoms with Crippen LogP contribution in [0.2, 0.25) is 0 Å². The number of likely N-dealkylation sites (tertiary alicyclic amines) is 1. The Balaban J connectivity index is 1.83. The van der Waals surface area contributed by atoms with Gasteiger partial charge in [0, 0.05) is 25.6 Å². The van der Waals surface area contributed by atoms with Gasteiger partial charge in [-0.2, -0.15) is 5.26 Å². The zero-order valence-electron chi connectivity index (χ0n) is 13.3. The number of piperidine rings is 1. The molecule has 5 heteroatoms. The molecule has 1 heterocycles. The Hall–Kier alpha value is -2.35. The first-order valence-electron chi connectivity index (χ1n) is 8.07. The average molecular weight is 311 g/mol. The lowest BCUT2D eigenvalue weighted by Gasteiger charge is -2.40. The van der Waals surface area contributed by atoms with Crippen molar-refractivity contribution in [2.24, 2.45) is 0 Å². The molecule has 1 saturated heterocycles. The number of benzene rings is 1. The zero-order chi connectivity index (χ0) is 16.4. The van der Waals surface area contributed by atoms with Gasteiger partial charge in [0.25, 0.3) is 0 Å². The molecule has 5 nitrogen and oxygen atoms in total. The highest BCUT2D eigenvalue weighted by Gasteiger charge is 2.47. The van der Waals surface area contributed by atoms with E-state index in [2.05, 4.69) is 17.4 Å². The van der Waals surface area contributed by atoms with Crippen molar-refractivity contribution in [1.29, 1.82) is 5.26 Å². The minimum absolute atomic E-state index is 0.0167. The lowest BCUT2D eigenvalue weighted by molar-refractivity contribution is -0.132. The topological polar surface area (TPSA) is 73.2 Å². The maximum Gasteiger partial charge on any atom is 0.236 e. The number of fused-ring (bicyclic) bond motifs is 2. The summed E-state index contributed by atoms with van der Waals surface area (Å²) in [6.07, 6.45) is 2.47. The van der Waals surface area contributed by atoms with Crippen molar-refractivity contribution in [3.63, 3.8) is 0 Å². The summed E-state index contributed by atoms with van der Waals surface area (Å²) in [4.78, 5) is 25.9. The van der Waals surface area contributed by atoms with Crippen LogP contribution in [0.15, 0.2) is 24.3 Å². The van der Waals surface area contributed by atoms with E-state index in [9.17, 15) is 9.59 Å². The molecule has 3 rings (SSSR count). The summed E-state index contributed by atoms with van der Waals surface area (Å²) in [7, 11) is 1.68. The van der Waals surface area contributed by atoms with Crippen LogP contribution in [-0.4, -0.2) is 36.9 Å². The van der Waals surface area contributed by atoms with Crippen molar-refractivity contribution in [2.75, 3.05) is 20.1 Å². The highest BCUT2D eigenvalue weighted by molar-refractivity contribution is 5.85. The highest BCUT2D eigenvalue weighted by atomic mass is 16.2. The minimum atomic E-state index is -0.0995. The highest BCUT2D eigenvalue weighted by Crippen LogP contribution is 2.51. The Kier molecular flexibility index (Phi) is 4.08. The quantitative estimate of drug-likeness (QED) is 0.903. The van der Waals surface area contributed by atoms with E-state index in [4.69, 9.17) is 5.26 Å². The first-order valence-corrected chi connectivity index (χ1v) is 8.07. The first-order chi connectivity index (χ1) is 11.1. The van der Waals surface area contributed by atoms with Gasteiger partial charge < -0.3 is 10.2 Å². The summed E-state index contributed by atoms with van der Waals surface area (Å²) in [6, 6.07) is 10.1. The molecule has 0 radical (unpaired) electrons. The molecule has 0 bridgehead atoms. The van der Waals surface area contributed by atoms with Crippen LogP contribution in [0.5, 0.6) is 0 Å². The predicted molar refractivity (Wildman–Crippen MR) is 85.6 cm³/mol. The van der Waals surface area contributed by atoms with Crippen LogP contribution >= 0.6 is 0 Å². The predicted octanol–water partition coefficient (Wildman–Crippen LogP) is 1.69. The number of amides is 2. The van der Waals surface area contributed by atoms with Crippen LogP contribution in [0.1, 0.15) is 42.7 Å². The number of nitrogens with one attached hydrogen (secondary N) is 1. The maximum atomic E-state index is 12.2. The van der Waals surface area contributed by atoms with Crippen molar-refractivity contribution >= 4 is 11.8 Å². The summed E-state index contributed by atoms with van der Waals surface area (Å²) in [5, 5.41) is 11.5. The van der Waals surface area contributed by atoms with Crippen LogP contribution in [0.4, 0.5) is 0 Å². The number of carbonyl (C=O) groups is 2. The molecule has 1 atom stereocenters. The van der Waals surface area contributed by atoms with E-state index in [0.29, 0.717) is 13.1 Å². The van der Waals surface area contributed by atoms with E-state index in [1.165, 1.54) is 5.56 Å². The molecule has 1 aliphatic heterocycles. The third-order valence-electron chi connectivity index (χ3n) is 5.37. The fraction of sp³-hybridized carbons (Fsp3) is 0.500. The van der Waals surface area contributed by atoms with Gasteiger partial charge in [-0.25, -0.2) is 0 Å². The SMILES string of the molecule is CNC(=O)C1CC2(CCN(C(=O)CC#N)CC2)c2ccccc21. The molecular weight excluding hydrogens is 290 g/mol. The van der Waals surface area contributed by atoms with Crippen molar-refractivity contribution < 1.29 is 9.59 Å². The van der Waals surface area contributed by atoms with Gasteiger partial charge in [-0.15, -0.1) is 0 Å². The smallest absolute Gasteiger partial charge is 0.236 e. The molecular formula is C18H21N3O2. The molecule has 1 spiro atoms. The number of rotatable bonds is 2. The second-order valence-corrected chi connectivity index (χ2v) is 6.45. The van der Waals surface area contributed by atoms with Gasteiger partial charge in [0.2, 0.25) is 11.8 Å². The molecule has 2 aliphatic rings. The number of hydrogen-bond acceptors (Lipinski definition) is 3. The molecule has 1 aromatic carbocycles. The van der Waals surface area contributed by atoms with Crippen molar-refractivity contribution in [1.82, 2.24) is 10.2 Å². The standard InChI is InChI=1S/C18H21N3O2/c1-20-17(23)14-12-18(15-5-3-2-4-13(14)15)7-10-21(11-8-18)16(22)6-9-19/h2-5,14H,6-8,10-12H2,1H3,(H,20,23). The summed E-state index contributed by atoms with van der Waals surface area (Å²) < 4.78 is 0. The minimum Gasteiger partial charge on any atom is -0.359 e. The Morgan fingerprint density at radius 2 is 2.04 bits per heavy atom. The van der Waals surface area contributed by atoms with Crippen LogP contribution < -0.4 is 5.32 Å². The molecule has 23 heavy (non-hydrogen) atoms. The van der Waals surface area contributed by atoms with Crippen molar-refractivity contribution in [2.45, 2.75) is 37.0 Å². The van der Waals surface area contributed by atoms with Gasteiger partial charge in [0.1, 0.15) is 6.42 Å². The van der Waals surface area contributed by atoms with Gasteiger partial charge in [0.15, 0.2) is 0 Å². The Bertz CT molecular complexity index is 669. The third kappa shape index (κ3) is 2.59. The maximum absolute atomic E-state index is 12.2. The number of nitrogens with zero attached hydrogens (tertiary/aromatic N) is 2. The van der Waals surface area contributed by atoms with Crippen LogP contribution in [0, 0.1) is 11.3 Å². The Morgan fingerprint density at radius 3 is 2.70 bits per heavy atom. The summed E-state index contributed by atoms with van der Waals surface area (Å²) in [5.41, 5.74) is 2.38. The number of hydrogen-bond donors (Lipinski definition) is 1. The Labute approximate surface area is 136 Å². The lowest BCUT2D eigenvalue weighted by atomic mass is 9.73. The number of carbonyl (C=O) groups excluding carboxylic acids is 2. The molecule has 2 amide bonds. The molecule has 1 aromatic rings. The average Bonchev–Trinajstić information content (AvgIpc) is 2.90. The second-order valence-electron chi connectivity index (χ2n) is 6.45. The molecule has 0 aromatic heterocycles.